The first kappa shape index (κ1) is 33.9. The van der Waals surface area contributed by atoms with E-state index in [9.17, 15) is 18.5 Å². The van der Waals surface area contributed by atoms with Crippen molar-refractivity contribution in [3.63, 3.8) is 0 Å². The number of nitriles is 1. The van der Waals surface area contributed by atoms with Crippen LogP contribution >= 0.6 is 0 Å². The van der Waals surface area contributed by atoms with Crippen molar-refractivity contribution in [3.8, 4) is 6.07 Å². The van der Waals surface area contributed by atoms with Crippen LogP contribution in [0, 0.1) is 23.2 Å². The molecule has 1 unspecified atom stereocenters. The zero-order chi connectivity index (χ0) is 33.7. The number of piperidine rings is 1. The maximum Gasteiger partial charge on any atom is 0.323 e. The smallest absolute Gasteiger partial charge is 0.323 e. The molecule has 0 N–H and O–H groups in total. The summed E-state index contributed by atoms with van der Waals surface area (Å²) in [5.41, 5.74) is 1.37. The average molecular weight is 671 g/mol. The fraction of sp³-hybridized carbons (Fsp3) is 0.486. The van der Waals surface area contributed by atoms with Gasteiger partial charge in [0.05, 0.1) is 21.3 Å². The van der Waals surface area contributed by atoms with Gasteiger partial charge in [0, 0.05) is 56.7 Å². The van der Waals surface area contributed by atoms with Crippen molar-refractivity contribution in [1.29, 1.82) is 5.26 Å². The minimum absolute atomic E-state index is 0.0325. The molecule has 3 aromatic rings. The summed E-state index contributed by atoms with van der Waals surface area (Å²) < 4.78 is 31.6. The summed E-state index contributed by atoms with van der Waals surface area (Å²) >= 11 is 0. The number of hydrogen-bond acceptors (Lipinski definition) is 8. The second-order valence-electron chi connectivity index (χ2n) is 13.5. The lowest BCUT2D eigenvalue weighted by Gasteiger charge is -2.47. The summed E-state index contributed by atoms with van der Waals surface area (Å²) in [7, 11) is -1.80. The number of benzene rings is 2. The van der Waals surface area contributed by atoms with Crippen LogP contribution in [0.5, 0.6) is 0 Å². The van der Waals surface area contributed by atoms with E-state index in [2.05, 4.69) is 39.9 Å². The van der Waals surface area contributed by atoms with Gasteiger partial charge in [0.2, 0.25) is 9.84 Å². The molecule has 10 nitrogen and oxygen atoms in total. The van der Waals surface area contributed by atoms with E-state index in [0.29, 0.717) is 12.3 Å². The third-order valence-corrected chi connectivity index (χ3v) is 12.2. The largest absolute Gasteiger partial charge is 0.371 e. The summed E-state index contributed by atoms with van der Waals surface area (Å²) in [5.74, 6) is 0.714. The number of urea groups is 1. The first-order chi connectivity index (χ1) is 23.2. The van der Waals surface area contributed by atoms with E-state index in [0.717, 1.165) is 69.7 Å². The molecule has 2 aromatic carbocycles. The first-order valence-corrected chi connectivity index (χ1v) is 18.5. The number of hydrogen-bond donors (Lipinski definition) is 0. The predicted octanol–water partition coefficient (Wildman–Crippen LogP) is 5.38. The molecule has 6 rings (SSSR count). The highest BCUT2D eigenvalue weighted by atomic mass is 32.2. The van der Waals surface area contributed by atoms with Crippen LogP contribution in [0.15, 0.2) is 88.9 Å². The molecule has 3 saturated heterocycles. The van der Waals surface area contributed by atoms with Crippen molar-refractivity contribution in [2.24, 2.45) is 11.8 Å². The van der Waals surface area contributed by atoms with Gasteiger partial charge in [0.1, 0.15) is 13.5 Å². The monoisotopic (exact) mass is 670 g/mol. The van der Waals surface area contributed by atoms with Gasteiger partial charge in [-0.25, -0.2) is 13.2 Å². The lowest BCUT2D eigenvalue weighted by molar-refractivity contribution is -0.0626. The molecule has 3 aliphatic rings. The van der Waals surface area contributed by atoms with Crippen molar-refractivity contribution >= 4 is 21.6 Å². The standard InChI is InChI=1S/C37H46N6O4S/c1-3-7-33(43-28-47-27-40(2)36(43)44)22-37(26-38,30-8-5-4-6-9-30)31-16-20-41(21-17-31)23-29-24-42(25-29)32-10-12-34(13-11-32)48(45,46)35-14-18-39-19-15-35/h4-6,8-15,18-19,29,31,33H,3,7,16-17,20-25,27-28H2,1-2H3/t33-,37?/m0/s1. The highest BCUT2D eigenvalue weighted by molar-refractivity contribution is 7.91. The quantitative estimate of drug-likeness (QED) is 0.253. The maximum atomic E-state index is 13.2. The van der Waals surface area contributed by atoms with E-state index in [1.807, 2.05) is 35.2 Å². The van der Waals surface area contributed by atoms with Crippen LogP contribution in [-0.4, -0.2) is 93.4 Å². The summed E-state index contributed by atoms with van der Waals surface area (Å²) in [6.45, 7) is 7.42. The molecule has 2 atom stereocenters. The molecule has 0 saturated carbocycles. The molecule has 254 valence electrons. The predicted molar refractivity (Wildman–Crippen MR) is 184 cm³/mol. The van der Waals surface area contributed by atoms with Crippen molar-refractivity contribution in [1.82, 2.24) is 19.7 Å². The van der Waals surface area contributed by atoms with Gasteiger partial charge < -0.3 is 19.4 Å². The van der Waals surface area contributed by atoms with Crippen LogP contribution in [0.4, 0.5) is 10.5 Å². The lowest BCUT2D eigenvalue weighted by atomic mass is 9.64. The van der Waals surface area contributed by atoms with Crippen LogP contribution in [-0.2, 0) is 20.0 Å². The summed E-state index contributed by atoms with van der Waals surface area (Å²) in [6.07, 6.45) is 7.16. The Hall–Kier alpha value is -3.98. The molecule has 11 heteroatoms. The number of sulfone groups is 1. The molecule has 2 amide bonds. The average Bonchev–Trinajstić information content (AvgIpc) is 3.10. The normalized spacial score (nSPS) is 20.2. The number of amides is 2. The van der Waals surface area contributed by atoms with Crippen molar-refractivity contribution in [3.05, 3.63) is 84.7 Å². The number of carbonyl (C=O) groups excluding carboxylic acids is 1. The third-order valence-electron chi connectivity index (χ3n) is 10.4. The van der Waals surface area contributed by atoms with Gasteiger partial charge in [-0.2, -0.15) is 5.26 Å². The van der Waals surface area contributed by atoms with Crippen molar-refractivity contribution in [2.45, 2.75) is 60.3 Å². The second-order valence-corrected chi connectivity index (χ2v) is 15.5. The van der Waals surface area contributed by atoms with Crippen LogP contribution in [0.2, 0.25) is 0 Å². The molecule has 1 aromatic heterocycles. The van der Waals surface area contributed by atoms with Gasteiger partial charge in [0.25, 0.3) is 0 Å². The molecule has 48 heavy (non-hydrogen) atoms. The Morgan fingerprint density at radius 1 is 0.979 bits per heavy atom. The minimum Gasteiger partial charge on any atom is -0.371 e. The zero-order valence-electron chi connectivity index (χ0n) is 27.9. The Morgan fingerprint density at radius 2 is 1.65 bits per heavy atom. The molecule has 0 spiro atoms. The van der Waals surface area contributed by atoms with Gasteiger partial charge in [-0.15, -0.1) is 0 Å². The van der Waals surface area contributed by atoms with Crippen LogP contribution < -0.4 is 4.90 Å². The lowest BCUT2D eigenvalue weighted by Crippen LogP contribution is -2.56. The third kappa shape index (κ3) is 6.93. The van der Waals surface area contributed by atoms with Gasteiger partial charge in [-0.1, -0.05) is 43.7 Å². The minimum atomic E-state index is -3.57. The second kappa shape index (κ2) is 14.6. The van der Waals surface area contributed by atoms with Crippen LogP contribution in [0.1, 0.15) is 44.6 Å². The molecular weight excluding hydrogens is 625 g/mol. The Kier molecular flexibility index (Phi) is 10.3. The number of ether oxygens (including phenoxy) is 1. The fourth-order valence-corrected chi connectivity index (χ4v) is 9.00. The van der Waals surface area contributed by atoms with Crippen molar-refractivity contribution < 1.29 is 17.9 Å². The molecule has 3 aliphatic heterocycles. The summed E-state index contributed by atoms with van der Waals surface area (Å²) in [5, 5.41) is 11.0. The van der Waals surface area contributed by atoms with Gasteiger partial charge in [-0.05, 0) is 86.7 Å². The number of likely N-dealkylation sites (tertiary alicyclic amines) is 1. The van der Waals surface area contributed by atoms with E-state index < -0.39 is 15.3 Å². The summed E-state index contributed by atoms with van der Waals surface area (Å²) in [4.78, 5) is 25.9. The van der Waals surface area contributed by atoms with Gasteiger partial charge >= 0.3 is 6.03 Å². The van der Waals surface area contributed by atoms with E-state index in [1.165, 1.54) is 24.5 Å². The van der Waals surface area contributed by atoms with E-state index in [-0.39, 0.29) is 41.2 Å². The van der Waals surface area contributed by atoms with Crippen molar-refractivity contribution in [2.75, 3.05) is 58.1 Å². The molecule has 0 radical (unpaired) electrons. The number of pyridine rings is 1. The number of anilines is 1. The number of nitrogens with zero attached hydrogens (tertiary/aromatic N) is 6. The van der Waals surface area contributed by atoms with Crippen LogP contribution in [0.25, 0.3) is 0 Å². The fourth-order valence-electron chi connectivity index (χ4n) is 7.76. The highest BCUT2D eigenvalue weighted by Crippen LogP contribution is 2.44. The Balaban J connectivity index is 1.07. The van der Waals surface area contributed by atoms with E-state index >= 15 is 0 Å². The number of rotatable bonds is 12. The highest BCUT2D eigenvalue weighted by Gasteiger charge is 2.46. The molecule has 3 fully saturated rings. The molecule has 0 bridgehead atoms. The van der Waals surface area contributed by atoms with Gasteiger partial charge in [-0.3, -0.25) is 9.88 Å². The summed E-state index contributed by atoms with van der Waals surface area (Å²) in [6, 6.07) is 23.1. The number of carbonyl (C=O) groups is 1. The Bertz CT molecular complexity index is 1670. The van der Waals surface area contributed by atoms with Crippen LogP contribution in [0.3, 0.4) is 0 Å². The van der Waals surface area contributed by atoms with E-state index in [4.69, 9.17) is 4.74 Å². The molecule has 4 heterocycles. The first-order valence-electron chi connectivity index (χ1n) is 17.0. The number of aromatic nitrogens is 1. The SMILES string of the molecule is CCC[C@@H](CC(C#N)(c1ccccc1)C1CCN(CC2CN(c3ccc(S(=O)(=O)c4ccncc4)cc3)C2)CC1)N1COCN(C)C1=O. The maximum absolute atomic E-state index is 13.2. The topological polar surface area (TPSA) is 110 Å². The Labute approximate surface area is 284 Å². The Morgan fingerprint density at radius 3 is 2.29 bits per heavy atom. The van der Waals surface area contributed by atoms with Gasteiger partial charge in [0.15, 0.2) is 0 Å². The molecule has 0 aliphatic carbocycles. The zero-order valence-corrected chi connectivity index (χ0v) is 28.8. The molecular formula is C37H46N6O4S. The van der Waals surface area contributed by atoms with E-state index in [1.54, 1.807) is 24.1 Å².